The van der Waals surface area contributed by atoms with Crippen molar-refractivity contribution in [2.45, 2.75) is 51.2 Å². The van der Waals surface area contributed by atoms with E-state index < -0.39 is 17.5 Å². The summed E-state index contributed by atoms with van der Waals surface area (Å²) in [6, 6.07) is 3.06. The molecule has 0 aliphatic carbocycles. The third kappa shape index (κ3) is 4.13. The van der Waals surface area contributed by atoms with Crippen LogP contribution in [-0.4, -0.2) is 44.3 Å². The Hall–Kier alpha value is -2.83. The van der Waals surface area contributed by atoms with E-state index in [9.17, 15) is 18.0 Å². The van der Waals surface area contributed by atoms with E-state index in [1.807, 2.05) is 18.7 Å². The summed E-state index contributed by atoms with van der Waals surface area (Å²) in [5.41, 5.74) is -0.608. The van der Waals surface area contributed by atoms with Crippen LogP contribution in [0, 0.1) is 18.3 Å². The Bertz CT molecular complexity index is 920. The highest BCUT2D eigenvalue weighted by molar-refractivity contribution is 5.80. The predicted molar refractivity (Wildman–Crippen MR) is 101 cm³/mol. The van der Waals surface area contributed by atoms with Gasteiger partial charge >= 0.3 is 6.18 Å². The van der Waals surface area contributed by atoms with Crippen molar-refractivity contribution in [3.8, 4) is 12.3 Å². The molecular formula is C19H23F3N6O. The van der Waals surface area contributed by atoms with Gasteiger partial charge in [0.25, 0.3) is 5.82 Å². The molecule has 0 aromatic carbocycles. The van der Waals surface area contributed by atoms with Gasteiger partial charge in [0.05, 0.1) is 0 Å². The minimum atomic E-state index is -4.64. The molecule has 1 aliphatic heterocycles. The van der Waals surface area contributed by atoms with Crippen LogP contribution in [0.3, 0.4) is 0 Å². The molecule has 1 saturated heterocycles. The zero-order valence-electron chi connectivity index (χ0n) is 16.3. The van der Waals surface area contributed by atoms with Crippen molar-refractivity contribution in [3.05, 3.63) is 18.0 Å². The second kappa shape index (κ2) is 7.89. The Kier molecular flexibility index (Phi) is 5.68. The number of hydrogen-bond donors (Lipinski definition) is 1. The first kappa shape index (κ1) is 20.9. The van der Waals surface area contributed by atoms with Gasteiger partial charge < -0.3 is 10.2 Å². The number of anilines is 1. The molecular weight excluding hydrogens is 385 g/mol. The smallest absolute Gasteiger partial charge is 0.355 e. The van der Waals surface area contributed by atoms with E-state index in [0.29, 0.717) is 49.1 Å². The summed E-state index contributed by atoms with van der Waals surface area (Å²) in [5.74, 6) is 1.66. The molecule has 0 atom stereocenters. The highest BCUT2D eigenvalue weighted by Gasteiger charge is 2.38. The van der Waals surface area contributed by atoms with E-state index in [4.69, 9.17) is 6.42 Å². The maximum atomic E-state index is 13.1. The third-order valence-electron chi connectivity index (χ3n) is 5.54. The van der Waals surface area contributed by atoms with Gasteiger partial charge in [-0.1, -0.05) is 19.8 Å². The number of carbonyl (C=O) groups is 1. The van der Waals surface area contributed by atoms with Crippen LogP contribution in [0.2, 0.25) is 0 Å². The van der Waals surface area contributed by atoms with E-state index in [2.05, 4.69) is 26.5 Å². The van der Waals surface area contributed by atoms with Crippen LogP contribution in [0.1, 0.15) is 45.4 Å². The molecule has 1 N–H and O–H groups in total. The minimum Gasteiger partial charge on any atom is -0.355 e. The fourth-order valence-electron chi connectivity index (χ4n) is 3.50. The maximum absolute atomic E-state index is 13.1. The molecule has 1 fully saturated rings. The Morgan fingerprint density at radius 3 is 2.45 bits per heavy atom. The van der Waals surface area contributed by atoms with Gasteiger partial charge in [0, 0.05) is 19.0 Å². The molecule has 1 aliphatic rings. The van der Waals surface area contributed by atoms with Crippen LogP contribution >= 0.6 is 0 Å². The number of halogens is 3. The molecule has 0 unspecified atom stereocenters. The molecule has 2 aromatic rings. The molecule has 0 saturated carbocycles. The molecule has 29 heavy (non-hydrogen) atoms. The van der Waals surface area contributed by atoms with E-state index in [1.54, 1.807) is 6.07 Å². The summed E-state index contributed by atoms with van der Waals surface area (Å²) in [4.78, 5) is 14.5. The number of terminal acetylenes is 1. The van der Waals surface area contributed by atoms with Crippen molar-refractivity contribution >= 4 is 17.4 Å². The molecule has 0 bridgehead atoms. The lowest BCUT2D eigenvalue weighted by Crippen LogP contribution is -2.50. The van der Waals surface area contributed by atoms with Gasteiger partial charge in [0.1, 0.15) is 11.4 Å². The van der Waals surface area contributed by atoms with Gasteiger partial charge in [0.2, 0.25) is 5.91 Å². The van der Waals surface area contributed by atoms with E-state index in [1.165, 1.54) is 6.07 Å². The zero-order valence-corrected chi connectivity index (χ0v) is 16.3. The normalized spacial score (nSPS) is 16.1. The van der Waals surface area contributed by atoms with Crippen molar-refractivity contribution in [3.63, 3.8) is 0 Å². The number of piperidine rings is 1. The topological polar surface area (TPSA) is 75.4 Å². The number of rotatable bonds is 5. The van der Waals surface area contributed by atoms with Crippen LogP contribution in [0.4, 0.5) is 19.0 Å². The van der Waals surface area contributed by atoms with Gasteiger partial charge in [-0.15, -0.1) is 21.7 Å². The number of fused-ring (bicyclic) bond motifs is 1. The molecule has 7 nitrogen and oxygen atoms in total. The Balaban J connectivity index is 1.69. The lowest BCUT2D eigenvalue weighted by Gasteiger charge is -2.34. The SMILES string of the molecule is C#CC(CC)(CC)NC(=O)C1CCN(c2ccc3nnc(C(F)(F)F)n3n2)CC1. The number of carbonyl (C=O) groups excluding carboxylic acids is 1. The van der Waals surface area contributed by atoms with Gasteiger partial charge in [-0.2, -0.15) is 17.7 Å². The zero-order chi connectivity index (χ0) is 21.2. The summed E-state index contributed by atoms with van der Waals surface area (Å²) < 4.78 is 39.9. The van der Waals surface area contributed by atoms with Crippen molar-refractivity contribution in [1.82, 2.24) is 25.1 Å². The molecule has 2 aromatic heterocycles. The van der Waals surface area contributed by atoms with Gasteiger partial charge in [-0.05, 0) is 37.8 Å². The van der Waals surface area contributed by atoms with Crippen LogP contribution in [0.15, 0.2) is 12.1 Å². The second-order valence-electron chi connectivity index (χ2n) is 7.17. The Morgan fingerprint density at radius 2 is 1.90 bits per heavy atom. The van der Waals surface area contributed by atoms with Crippen LogP contribution in [0.5, 0.6) is 0 Å². The van der Waals surface area contributed by atoms with Gasteiger partial charge in [0.15, 0.2) is 5.65 Å². The van der Waals surface area contributed by atoms with E-state index in [0.717, 1.165) is 0 Å². The first-order valence-electron chi connectivity index (χ1n) is 9.57. The average Bonchev–Trinajstić information content (AvgIpc) is 3.16. The van der Waals surface area contributed by atoms with Crippen LogP contribution in [0.25, 0.3) is 5.65 Å². The number of nitrogens with one attached hydrogen (secondary N) is 1. The van der Waals surface area contributed by atoms with Crippen LogP contribution in [-0.2, 0) is 11.0 Å². The number of hydrogen-bond acceptors (Lipinski definition) is 5. The molecule has 0 spiro atoms. The molecule has 10 heteroatoms. The first-order valence-corrected chi connectivity index (χ1v) is 9.57. The lowest BCUT2D eigenvalue weighted by molar-refractivity contribution is -0.146. The Morgan fingerprint density at radius 1 is 1.24 bits per heavy atom. The minimum absolute atomic E-state index is 0.0279. The highest BCUT2D eigenvalue weighted by Crippen LogP contribution is 2.29. The third-order valence-corrected chi connectivity index (χ3v) is 5.54. The van der Waals surface area contributed by atoms with Crippen molar-refractivity contribution in [2.75, 3.05) is 18.0 Å². The summed E-state index contributed by atoms with van der Waals surface area (Å²) in [6.45, 7) is 4.88. The van der Waals surface area contributed by atoms with E-state index in [-0.39, 0.29) is 17.5 Å². The largest absolute Gasteiger partial charge is 0.453 e. The second-order valence-corrected chi connectivity index (χ2v) is 7.17. The number of aromatic nitrogens is 4. The highest BCUT2D eigenvalue weighted by atomic mass is 19.4. The number of alkyl halides is 3. The number of amides is 1. The van der Waals surface area contributed by atoms with E-state index >= 15 is 0 Å². The quantitative estimate of drug-likeness (QED) is 0.770. The number of nitrogens with zero attached hydrogens (tertiary/aromatic N) is 5. The van der Waals surface area contributed by atoms with Crippen molar-refractivity contribution in [2.24, 2.45) is 5.92 Å². The fraction of sp³-hybridized carbons (Fsp3) is 0.579. The summed E-state index contributed by atoms with van der Waals surface area (Å²) in [6.07, 6.45) is 3.39. The van der Waals surface area contributed by atoms with Gasteiger partial charge in [-0.3, -0.25) is 4.79 Å². The molecule has 1 amide bonds. The molecule has 3 heterocycles. The first-order chi connectivity index (χ1) is 13.7. The van der Waals surface area contributed by atoms with Crippen molar-refractivity contribution < 1.29 is 18.0 Å². The Labute approximate surface area is 166 Å². The van der Waals surface area contributed by atoms with Crippen molar-refractivity contribution in [1.29, 1.82) is 0 Å². The maximum Gasteiger partial charge on any atom is 0.453 e. The molecule has 3 rings (SSSR count). The standard InChI is InChI=1S/C19H23F3N6O/c1-4-18(5-2,6-3)23-16(29)13-9-11-27(12-10-13)15-8-7-14-24-25-17(19(20,21)22)28(14)26-15/h1,7-8,13H,5-6,9-12H2,2-3H3,(H,23,29). The summed E-state index contributed by atoms with van der Waals surface area (Å²) in [5, 5.41) is 13.8. The van der Waals surface area contributed by atoms with Gasteiger partial charge in [-0.25, -0.2) is 0 Å². The van der Waals surface area contributed by atoms with Crippen LogP contribution < -0.4 is 10.2 Å². The lowest BCUT2D eigenvalue weighted by atomic mass is 9.90. The fourth-order valence-corrected chi connectivity index (χ4v) is 3.50. The summed E-state index contributed by atoms with van der Waals surface area (Å²) in [7, 11) is 0. The molecule has 156 valence electrons. The average molecular weight is 408 g/mol. The predicted octanol–water partition coefficient (Wildman–Crippen LogP) is 2.67. The monoisotopic (exact) mass is 408 g/mol. The summed E-state index contributed by atoms with van der Waals surface area (Å²) >= 11 is 0. The molecule has 0 radical (unpaired) electrons.